The van der Waals surface area contributed by atoms with Crippen LogP contribution in [0.3, 0.4) is 0 Å². The van der Waals surface area contributed by atoms with Crippen molar-refractivity contribution in [2.24, 2.45) is 0 Å². The molecule has 0 spiro atoms. The summed E-state index contributed by atoms with van der Waals surface area (Å²) in [5.41, 5.74) is 9.79. The first kappa shape index (κ1) is 27.5. The second-order valence-corrected chi connectivity index (χ2v) is 9.47. The van der Waals surface area contributed by atoms with Crippen molar-refractivity contribution in [3.8, 4) is 39.4 Å². The van der Waals surface area contributed by atoms with Crippen LogP contribution in [0.25, 0.3) is 22.2 Å². The molecule has 0 aliphatic heterocycles. The van der Waals surface area contributed by atoms with E-state index < -0.39 is 0 Å². The number of nitrogens with zero attached hydrogens (tertiary/aromatic N) is 3. The van der Waals surface area contributed by atoms with Gasteiger partial charge in [-0.1, -0.05) is 35.6 Å². The van der Waals surface area contributed by atoms with Crippen LogP contribution in [0.5, 0.6) is 17.2 Å². The van der Waals surface area contributed by atoms with Gasteiger partial charge in [0.15, 0.2) is 16.6 Å². The lowest BCUT2D eigenvalue weighted by Crippen LogP contribution is -2.12. The standard InChI is InChI=1S/C27H30N6O5S/c1-7-8-15(3)25(34)29-16-10-9-14(2)18(11-16)24-32-26(38-33-24)22-23(28)31-27(39-22)30-17-12-19(35-4)21(37-6)20(13-17)36-5/h8-13H,7,28H2,1-6H3,(H,29,34)(H,30,31). The average Bonchev–Trinajstić information content (AvgIpc) is 3.55. The lowest BCUT2D eigenvalue weighted by Gasteiger charge is -2.14. The van der Waals surface area contributed by atoms with Gasteiger partial charge in [0.05, 0.1) is 21.3 Å². The third kappa shape index (κ3) is 5.96. The maximum atomic E-state index is 12.4. The fraction of sp³-hybridized carbons (Fsp3) is 0.259. The van der Waals surface area contributed by atoms with Gasteiger partial charge in [-0.2, -0.15) is 4.98 Å². The first-order valence-electron chi connectivity index (χ1n) is 12.0. The molecular weight excluding hydrogens is 520 g/mol. The molecule has 4 N–H and O–H groups in total. The van der Waals surface area contributed by atoms with E-state index in [-0.39, 0.29) is 17.6 Å². The average molecular weight is 551 g/mol. The van der Waals surface area contributed by atoms with Crippen molar-refractivity contribution in [3.05, 3.63) is 47.5 Å². The smallest absolute Gasteiger partial charge is 0.272 e. The minimum absolute atomic E-state index is 0.162. The highest BCUT2D eigenvalue weighted by Crippen LogP contribution is 2.42. The van der Waals surface area contributed by atoms with Crippen LogP contribution >= 0.6 is 11.3 Å². The molecule has 0 saturated heterocycles. The van der Waals surface area contributed by atoms with E-state index in [1.165, 1.54) is 11.3 Å². The van der Waals surface area contributed by atoms with Gasteiger partial charge in [-0.3, -0.25) is 4.79 Å². The quantitative estimate of drug-likeness (QED) is 0.207. The molecule has 12 heteroatoms. The molecule has 2 aromatic carbocycles. The summed E-state index contributed by atoms with van der Waals surface area (Å²) in [6, 6.07) is 9.06. The van der Waals surface area contributed by atoms with Crippen molar-refractivity contribution in [1.29, 1.82) is 0 Å². The highest BCUT2D eigenvalue weighted by Gasteiger charge is 2.20. The first-order chi connectivity index (χ1) is 18.8. The molecule has 1 amide bonds. The van der Waals surface area contributed by atoms with Crippen molar-refractivity contribution in [1.82, 2.24) is 15.1 Å². The Labute approximate surface area is 230 Å². The Morgan fingerprint density at radius 1 is 1.08 bits per heavy atom. The first-order valence-corrected chi connectivity index (χ1v) is 12.9. The summed E-state index contributed by atoms with van der Waals surface area (Å²) < 4.78 is 21.8. The van der Waals surface area contributed by atoms with Gasteiger partial charge in [0, 0.05) is 34.6 Å². The molecule has 2 aromatic heterocycles. The topological polar surface area (TPSA) is 147 Å². The number of carbonyl (C=O) groups excluding carboxylic acids is 1. The molecule has 204 valence electrons. The summed E-state index contributed by atoms with van der Waals surface area (Å²) in [5, 5.41) is 10.8. The lowest BCUT2D eigenvalue weighted by molar-refractivity contribution is -0.112. The van der Waals surface area contributed by atoms with Crippen molar-refractivity contribution in [2.45, 2.75) is 27.2 Å². The highest BCUT2D eigenvalue weighted by atomic mass is 32.1. The van der Waals surface area contributed by atoms with Gasteiger partial charge in [0.2, 0.25) is 11.6 Å². The normalized spacial score (nSPS) is 11.3. The highest BCUT2D eigenvalue weighted by molar-refractivity contribution is 7.19. The number of aromatic nitrogens is 3. The molecule has 0 atom stereocenters. The Bertz CT molecular complexity index is 1500. The maximum Gasteiger partial charge on any atom is 0.272 e. The third-order valence-electron chi connectivity index (χ3n) is 5.79. The molecule has 0 fully saturated rings. The number of benzene rings is 2. The number of allylic oxidation sites excluding steroid dienone is 1. The molecule has 0 radical (unpaired) electrons. The summed E-state index contributed by atoms with van der Waals surface area (Å²) in [6.45, 7) is 5.69. The summed E-state index contributed by atoms with van der Waals surface area (Å²) in [4.78, 5) is 21.9. The Morgan fingerprint density at radius 3 is 2.44 bits per heavy atom. The second-order valence-electron chi connectivity index (χ2n) is 8.47. The molecule has 39 heavy (non-hydrogen) atoms. The van der Waals surface area contributed by atoms with Gasteiger partial charge < -0.3 is 35.1 Å². The SMILES string of the molecule is CCC=C(C)C(=O)Nc1ccc(C)c(-c2noc(-c3sc(Nc4cc(OC)c(OC)c(OC)c4)nc3N)n2)c1. The van der Waals surface area contributed by atoms with Gasteiger partial charge in [-0.25, -0.2) is 4.98 Å². The molecule has 0 saturated carbocycles. The number of aryl methyl sites for hydroxylation is 1. The van der Waals surface area contributed by atoms with E-state index in [1.54, 1.807) is 40.4 Å². The minimum Gasteiger partial charge on any atom is -0.493 e. The number of hydrogen-bond acceptors (Lipinski definition) is 11. The molecule has 0 aliphatic carbocycles. The number of nitrogens with one attached hydrogen (secondary N) is 2. The zero-order valence-corrected chi connectivity index (χ0v) is 23.4. The Morgan fingerprint density at radius 2 is 1.79 bits per heavy atom. The largest absolute Gasteiger partial charge is 0.493 e. The van der Waals surface area contributed by atoms with E-state index >= 15 is 0 Å². The summed E-state index contributed by atoms with van der Waals surface area (Å²) >= 11 is 1.26. The molecule has 2 heterocycles. The number of ether oxygens (including phenoxy) is 3. The molecule has 11 nitrogen and oxygen atoms in total. The number of thiazole rings is 1. The number of methoxy groups -OCH3 is 3. The maximum absolute atomic E-state index is 12.4. The van der Waals surface area contributed by atoms with E-state index in [9.17, 15) is 4.79 Å². The fourth-order valence-electron chi connectivity index (χ4n) is 3.81. The van der Waals surface area contributed by atoms with Gasteiger partial charge in [0.25, 0.3) is 11.8 Å². The number of nitrogens with two attached hydrogens (primary N) is 1. The van der Waals surface area contributed by atoms with E-state index in [2.05, 4.69) is 25.8 Å². The number of nitrogen functional groups attached to an aromatic ring is 1. The molecule has 0 unspecified atom stereocenters. The zero-order chi connectivity index (χ0) is 28.1. The van der Waals surface area contributed by atoms with E-state index in [1.807, 2.05) is 38.1 Å². The molecule has 0 aliphatic rings. The molecule has 4 aromatic rings. The Hall–Kier alpha value is -4.58. The number of carbonyl (C=O) groups is 1. The van der Waals surface area contributed by atoms with Crippen LogP contribution in [0.2, 0.25) is 0 Å². The number of amides is 1. The van der Waals surface area contributed by atoms with Gasteiger partial charge in [0.1, 0.15) is 10.7 Å². The van der Waals surface area contributed by atoms with Gasteiger partial charge in [-0.05, 0) is 38.0 Å². The number of anilines is 4. The van der Waals surface area contributed by atoms with Crippen LogP contribution in [-0.4, -0.2) is 42.4 Å². The molecule has 0 bridgehead atoms. The predicted molar refractivity (Wildman–Crippen MR) is 152 cm³/mol. The summed E-state index contributed by atoms with van der Waals surface area (Å²) in [6.07, 6.45) is 2.66. The van der Waals surface area contributed by atoms with E-state index in [0.29, 0.717) is 50.0 Å². The van der Waals surface area contributed by atoms with Crippen LogP contribution in [0, 0.1) is 6.92 Å². The van der Waals surface area contributed by atoms with Gasteiger partial charge in [-0.15, -0.1) is 0 Å². The molecular formula is C27H30N6O5S. The predicted octanol–water partition coefficient (Wildman–Crippen LogP) is 5.81. The minimum atomic E-state index is -0.162. The third-order valence-corrected chi connectivity index (χ3v) is 6.77. The van der Waals surface area contributed by atoms with Crippen LogP contribution in [0.1, 0.15) is 25.8 Å². The number of hydrogen-bond donors (Lipinski definition) is 3. The fourth-order valence-corrected chi connectivity index (χ4v) is 4.64. The lowest BCUT2D eigenvalue weighted by atomic mass is 10.1. The molecule has 4 rings (SSSR count). The monoisotopic (exact) mass is 550 g/mol. The van der Waals surface area contributed by atoms with Gasteiger partial charge >= 0.3 is 0 Å². The zero-order valence-electron chi connectivity index (χ0n) is 22.5. The van der Waals surface area contributed by atoms with Crippen LogP contribution < -0.4 is 30.6 Å². The summed E-state index contributed by atoms with van der Waals surface area (Å²) in [7, 11) is 4.63. The van der Waals surface area contributed by atoms with Crippen LogP contribution in [0.4, 0.5) is 22.3 Å². The Kier molecular flexibility index (Phi) is 8.35. The Balaban J connectivity index is 1.58. The number of rotatable bonds is 10. The van der Waals surface area contributed by atoms with Crippen molar-refractivity contribution < 1.29 is 23.5 Å². The van der Waals surface area contributed by atoms with Crippen LogP contribution in [0.15, 0.2) is 46.5 Å². The van der Waals surface area contributed by atoms with Crippen molar-refractivity contribution in [3.63, 3.8) is 0 Å². The summed E-state index contributed by atoms with van der Waals surface area (Å²) in [5.74, 6) is 2.15. The van der Waals surface area contributed by atoms with E-state index in [4.69, 9.17) is 24.5 Å². The van der Waals surface area contributed by atoms with Crippen molar-refractivity contribution in [2.75, 3.05) is 37.7 Å². The second kappa shape index (κ2) is 11.9. The van der Waals surface area contributed by atoms with Crippen LogP contribution in [-0.2, 0) is 4.79 Å². The van der Waals surface area contributed by atoms with E-state index in [0.717, 1.165) is 17.5 Å². The van der Waals surface area contributed by atoms with Crippen molar-refractivity contribution >= 4 is 39.6 Å².